The second-order valence-corrected chi connectivity index (χ2v) is 6.71. The first-order valence-electron chi connectivity index (χ1n) is 8.97. The summed E-state index contributed by atoms with van der Waals surface area (Å²) in [6.45, 7) is 3.64. The van der Waals surface area contributed by atoms with Gasteiger partial charge in [0.15, 0.2) is 0 Å². The van der Waals surface area contributed by atoms with E-state index in [9.17, 15) is 9.18 Å². The van der Waals surface area contributed by atoms with Crippen LogP contribution in [0, 0.1) is 5.82 Å². The van der Waals surface area contributed by atoms with Gasteiger partial charge in [0.2, 0.25) is 0 Å². The van der Waals surface area contributed by atoms with Gasteiger partial charge >= 0.3 is 6.09 Å². The first kappa shape index (κ1) is 17.5. The number of fused-ring (bicyclic) bond motifs is 1. The minimum atomic E-state index is -0.511. The van der Waals surface area contributed by atoms with Crippen LogP contribution in [0.5, 0.6) is 0 Å². The first-order valence-corrected chi connectivity index (χ1v) is 8.97. The van der Waals surface area contributed by atoms with E-state index in [0.29, 0.717) is 11.3 Å². The number of imidazole rings is 1. The van der Waals surface area contributed by atoms with E-state index in [4.69, 9.17) is 4.74 Å². The third kappa shape index (κ3) is 3.64. The van der Waals surface area contributed by atoms with Gasteiger partial charge in [0.05, 0.1) is 23.1 Å². The highest BCUT2D eigenvalue weighted by molar-refractivity contribution is 5.77. The Hall–Kier alpha value is -2.93. The predicted molar refractivity (Wildman–Crippen MR) is 99.8 cm³/mol. The van der Waals surface area contributed by atoms with Gasteiger partial charge < -0.3 is 19.9 Å². The van der Waals surface area contributed by atoms with Crippen molar-refractivity contribution in [1.29, 1.82) is 0 Å². The molecule has 1 saturated heterocycles. The second-order valence-electron chi connectivity index (χ2n) is 6.71. The average Bonchev–Trinajstić information content (AvgIpc) is 2.98. The van der Waals surface area contributed by atoms with Crippen LogP contribution in [0.25, 0.3) is 11.0 Å². The fourth-order valence-electron chi connectivity index (χ4n) is 3.24. The lowest BCUT2D eigenvalue weighted by atomic mass is 10.1. The van der Waals surface area contributed by atoms with Crippen molar-refractivity contribution in [2.75, 3.05) is 13.1 Å². The van der Waals surface area contributed by atoms with Crippen molar-refractivity contribution in [3.63, 3.8) is 0 Å². The number of amides is 1. The molecule has 2 N–H and O–H groups in total. The fourth-order valence-corrected chi connectivity index (χ4v) is 3.24. The number of hydrogen-bond donors (Lipinski definition) is 2. The Kier molecular flexibility index (Phi) is 4.77. The first-order chi connectivity index (χ1) is 13.1. The molecule has 1 atom stereocenters. The SMILES string of the molecule is C[C@H](NC(=O)OCc1ccccc1)c1nc2ccc(F)cc2n1C1CNC1. The molecule has 4 rings (SSSR count). The normalized spacial score (nSPS) is 15.3. The van der Waals surface area contributed by atoms with E-state index in [1.54, 1.807) is 6.07 Å². The summed E-state index contributed by atoms with van der Waals surface area (Å²) in [6, 6.07) is 13.9. The number of benzene rings is 2. The fraction of sp³-hybridized carbons (Fsp3) is 0.300. The van der Waals surface area contributed by atoms with Crippen molar-refractivity contribution in [1.82, 2.24) is 20.2 Å². The molecule has 3 aromatic rings. The number of nitrogens with one attached hydrogen (secondary N) is 2. The summed E-state index contributed by atoms with van der Waals surface area (Å²) in [7, 11) is 0. The van der Waals surface area contributed by atoms with Crippen molar-refractivity contribution in [3.8, 4) is 0 Å². The Labute approximate surface area is 156 Å². The van der Waals surface area contributed by atoms with E-state index in [2.05, 4.69) is 15.6 Å². The molecule has 6 nitrogen and oxygen atoms in total. The number of aromatic nitrogens is 2. The number of carbonyl (C=O) groups excluding carboxylic acids is 1. The standard InChI is InChI=1S/C20H21FN4O2/c1-13(23-20(26)27-12-14-5-3-2-4-6-14)19-24-17-8-7-15(21)9-18(17)25(19)16-10-22-11-16/h2-9,13,16,22H,10-12H2,1H3,(H,23,26)/t13-/m0/s1. The van der Waals surface area contributed by atoms with Gasteiger partial charge in [0.1, 0.15) is 18.2 Å². The summed E-state index contributed by atoms with van der Waals surface area (Å²) in [5.74, 6) is 0.393. The molecule has 1 fully saturated rings. The van der Waals surface area contributed by atoms with Crippen LogP contribution in [0.1, 0.15) is 30.4 Å². The van der Waals surface area contributed by atoms with Gasteiger partial charge in [-0.25, -0.2) is 14.2 Å². The molecule has 1 aliphatic heterocycles. The lowest BCUT2D eigenvalue weighted by Gasteiger charge is -2.31. The van der Waals surface area contributed by atoms with Gasteiger partial charge in [-0.15, -0.1) is 0 Å². The smallest absolute Gasteiger partial charge is 0.408 e. The molecule has 0 saturated carbocycles. The summed E-state index contributed by atoms with van der Waals surface area (Å²) in [5, 5.41) is 6.05. The molecule has 0 radical (unpaired) electrons. The zero-order chi connectivity index (χ0) is 18.8. The Morgan fingerprint density at radius 2 is 2.11 bits per heavy atom. The number of carbonyl (C=O) groups is 1. The van der Waals surface area contributed by atoms with Crippen LogP contribution in [0.2, 0.25) is 0 Å². The van der Waals surface area contributed by atoms with E-state index in [1.165, 1.54) is 12.1 Å². The Morgan fingerprint density at radius 1 is 1.33 bits per heavy atom. The minimum Gasteiger partial charge on any atom is -0.445 e. The molecule has 2 aromatic carbocycles. The van der Waals surface area contributed by atoms with Gasteiger partial charge in [0.25, 0.3) is 0 Å². The number of alkyl carbamates (subject to hydrolysis) is 1. The molecule has 0 bridgehead atoms. The maximum atomic E-state index is 13.7. The van der Waals surface area contributed by atoms with Gasteiger partial charge in [-0.2, -0.15) is 0 Å². The van der Waals surface area contributed by atoms with Crippen LogP contribution in [-0.2, 0) is 11.3 Å². The zero-order valence-electron chi connectivity index (χ0n) is 15.0. The third-order valence-electron chi connectivity index (χ3n) is 4.74. The summed E-state index contributed by atoms with van der Waals surface area (Å²) >= 11 is 0. The topological polar surface area (TPSA) is 68.2 Å². The summed E-state index contributed by atoms with van der Waals surface area (Å²) in [4.78, 5) is 16.8. The molecule has 27 heavy (non-hydrogen) atoms. The van der Waals surface area contributed by atoms with Gasteiger partial charge in [-0.1, -0.05) is 30.3 Å². The Morgan fingerprint density at radius 3 is 2.81 bits per heavy atom. The molecule has 1 aromatic heterocycles. The summed E-state index contributed by atoms with van der Waals surface area (Å²) in [6.07, 6.45) is -0.511. The summed E-state index contributed by atoms with van der Waals surface area (Å²) < 4.78 is 21.0. The number of hydrogen-bond acceptors (Lipinski definition) is 4. The van der Waals surface area contributed by atoms with Crippen molar-refractivity contribution in [2.24, 2.45) is 0 Å². The highest BCUT2D eigenvalue weighted by Gasteiger charge is 2.27. The van der Waals surface area contributed by atoms with Crippen molar-refractivity contribution < 1.29 is 13.9 Å². The van der Waals surface area contributed by atoms with E-state index < -0.39 is 6.09 Å². The molecule has 1 aliphatic rings. The monoisotopic (exact) mass is 368 g/mol. The lowest BCUT2D eigenvalue weighted by molar-refractivity contribution is 0.135. The maximum Gasteiger partial charge on any atom is 0.408 e. The number of halogens is 1. The highest BCUT2D eigenvalue weighted by Crippen LogP contribution is 2.27. The van der Waals surface area contributed by atoms with Crippen LogP contribution in [0.15, 0.2) is 48.5 Å². The van der Waals surface area contributed by atoms with Crippen LogP contribution >= 0.6 is 0 Å². The van der Waals surface area contributed by atoms with Gasteiger partial charge in [-0.3, -0.25) is 0 Å². The number of rotatable bonds is 5. The largest absolute Gasteiger partial charge is 0.445 e. The molecular weight excluding hydrogens is 347 g/mol. The van der Waals surface area contributed by atoms with Crippen LogP contribution in [0.3, 0.4) is 0 Å². The van der Waals surface area contributed by atoms with Crippen LogP contribution in [-0.4, -0.2) is 28.7 Å². The van der Waals surface area contributed by atoms with Gasteiger partial charge in [-0.05, 0) is 30.7 Å². The molecule has 0 aliphatic carbocycles. The molecule has 1 amide bonds. The minimum absolute atomic E-state index is 0.191. The number of ether oxygens (including phenoxy) is 1. The van der Waals surface area contributed by atoms with Crippen molar-refractivity contribution in [2.45, 2.75) is 25.6 Å². The highest BCUT2D eigenvalue weighted by atomic mass is 19.1. The lowest BCUT2D eigenvalue weighted by Crippen LogP contribution is -2.44. The predicted octanol–water partition coefficient (Wildman–Crippen LogP) is 3.31. The molecule has 7 heteroatoms. The van der Waals surface area contributed by atoms with E-state index in [0.717, 1.165) is 24.2 Å². The van der Waals surface area contributed by atoms with Crippen molar-refractivity contribution >= 4 is 17.1 Å². The van der Waals surface area contributed by atoms with Gasteiger partial charge in [0, 0.05) is 13.1 Å². The molecule has 140 valence electrons. The Bertz CT molecular complexity index is 953. The maximum absolute atomic E-state index is 13.7. The summed E-state index contributed by atoms with van der Waals surface area (Å²) in [5.41, 5.74) is 2.37. The molecule has 0 unspecified atom stereocenters. The van der Waals surface area contributed by atoms with E-state index in [-0.39, 0.29) is 24.5 Å². The number of nitrogens with zero attached hydrogens (tertiary/aromatic N) is 2. The molecular formula is C20H21FN4O2. The van der Waals surface area contributed by atoms with Crippen molar-refractivity contribution in [3.05, 3.63) is 65.7 Å². The second kappa shape index (κ2) is 7.36. The zero-order valence-corrected chi connectivity index (χ0v) is 15.0. The molecule has 2 heterocycles. The Balaban J connectivity index is 1.51. The average molecular weight is 368 g/mol. The van der Waals surface area contributed by atoms with E-state index in [1.807, 2.05) is 41.8 Å². The van der Waals surface area contributed by atoms with E-state index >= 15 is 0 Å². The quantitative estimate of drug-likeness (QED) is 0.725. The molecule has 0 spiro atoms. The van der Waals surface area contributed by atoms with Crippen LogP contribution < -0.4 is 10.6 Å². The third-order valence-corrected chi connectivity index (χ3v) is 4.74. The van der Waals surface area contributed by atoms with Crippen LogP contribution in [0.4, 0.5) is 9.18 Å².